The summed E-state index contributed by atoms with van der Waals surface area (Å²) in [5, 5.41) is 6.49. The summed E-state index contributed by atoms with van der Waals surface area (Å²) in [6.45, 7) is 1.78. The van der Waals surface area contributed by atoms with Gasteiger partial charge in [-0.25, -0.2) is 14.1 Å². The molecule has 3 aliphatic rings. The number of amides is 4. The van der Waals surface area contributed by atoms with Gasteiger partial charge in [-0.2, -0.15) is 4.99 Å². The van der Waals surface area contributed by atoms with E-state index in [1.165, 1.54) is 0 Å². The topological polar surface area (TPSA) is 89.9 Å². The first kappa shape index (κ1) is 31.5. The lowest BCUT2D eigenvalue weighted by Crippen LogP contribution is -2.59. The van der Waals surface area contributed by atoms with Crippen LogP contribution in [0.4, 0.5) is 32.3 Å². The number of urea groups is 2. The van der Waals surface area contributed by atoms with Gasteiger partial charge in [0.1, 0.15) is 11.7 Å². The molecule has 1 aromatic heterocycles. The van der Waals surface area contributed by atoms with Crippen LogP contribution in [0.15, 0.2) is 105 Å². The van der Waals surface area contributed by atoms with Gasteiger partial charge in [0.2, 0.25) is 5.84 Å². The van der Waals surface area contributed by atoms with E-state index < -0.39 is 6.04 Å². The van der Waals surface area contributed by atoms with E-state index in [0.717, 1.165) is 67.9 Å². The summed E-state index contributed by atoms with van der Waals surface area (Å²) >= 11 is 7.24. The Labute approximate surface area is 291 Å². The predicted octanol–water partition coefficient (Wildman–Crippen LogP) is 7.79. The number of piperidine rings is 1. The third-order valence-electron chi connectivity index (χ3n) is 9.59. The Morgan fingerprint density at radius 2 is 1.79 bits per heavy atom. The number of rotatable bonds is 6. The molecule has 47 heavy (non-hydrogen) atoms. The van der Waals surface area contributed by atoms with E-state index in [-0.39, 0.29) is 18.1 Å². The summed E-state index contributed by atoms with van der Waals surface area (Å²) < 4.78 is 2.22. The van der Waals surface area contributed by atoms with Crippen molar-refractivity contribution < 1.29 is 9.59 Å². The molecule has 2 unspecified atom stereocenters. The van der Waals surface area contributed by atoms with E-state index in [4.69, 9.17) is 4.99 Å². The number of nitrogens with one attached hydrogen (secondary N) is 2. The summed E-state index contributed by atoms with van der Waals surface area (Å²) in [5.74, 6) is 0.822. The second-order valence-electron chi connectivity index (χ2n) is 12.4. The number of halogens is 2. The first-order valence-electron chi connectivity index (χ1n) is 15.9. The molecular formula is C36H36Br2N7O2+. The molecule has 9 nitrogen and oxygen atoms in total. The highest BCUT2D eigenvalue weighted by atomic mass is 79.9. The molecule has 0 saturated carbocycles. The first-order chi connectivity index (χ1) is 22.8. The molecule has 4 heterocycles. The van der Waals surface area contributed by atoms with Gasteiger partial charge in [-0.05, 0) is 92.6 Å². The maximum Gasteiger partial charge on any atom is 0.322 e. The van der Waals surface area contributed by atoms with Crippen LogP contribution >= 0.6 is 31.9 Å². The van der Waals surface area contributed by atoms with Gasteiger partial charge in [0.25, 0.3) is 0 Å². The maximum absolute atomic E-state index is 14.1. The highest BCUT2D eigenvalue weighted by Crippen LogP contribution is 2.46. The average molecular weight is 759 g/mol. The summed E-state index contributed by atoms with van der Waals surface area (Å²) in [6.07, 6.45) is 6.43. The Kier molecular flexibility index (Phi) is 8.87. The minimum absolute atomic E-state index is 0.0650. The molecule has 0 aliphatic carbocycles. The van der Waals surface area contributed by atoms with Crippen molar-refractivity contribution in [1.29, 1.82) is 0 Å². The number of carbonyl (C=O) groups is 2. The van der Waals surface area contributed by atoms with Gasteiger partial charge in [0.05, 0.1) is 13.2 Å². The number of aromatic nitrogens is 1. The van der Waals surface area contributed by atoms with Gasteiger partial charge in [0.15, 0.2) is 11.4 Å². The van der Waals surface area contributed by atoms with Crippen LogP contribution in [-0.4, -0.2) is 71.4 Å². The zero-order valence-electron chi connectivity index (χ0n) is 26.1. The number of amidine groups is 1. The van der Waals surface area contributed by atoms with Gasteiger partial charge in [0, 0.05) is 65.1 Å². The number of para-hydroxylation sites is 3. The number of carbonyl (C=O) groups excluding carboxylic acids is 2. The standard InChI is InChI=1S/C36H35Br2N7O2/c1-45(27-8-6-17-39-23-27)33-11-5-4-10-31(33)40-34(45)32(22-24-12-13-28(37)29(38)21-24)42-35(46)43-18-15-26(16-19-43)44-20-14-25-7-2-3-9-30(25)41-36(44)47/h2-13,17,21,23,26,32H,14-16,18-20,22H2,1H3,(H-,41,42,46,47)/p+1. The van der Waals surface area contributed by atoms with Crippen LogP contribution in [0, 0.1) is 0 Å². The first-order valence-corrected chi connectivity index (χ1v) is 17.5. The molecule has 1 fully saturated rings. The lowest BCUT2D eigenvalue weighted by molar-refractivity contribution is 0.134. The number of hydrogen-bond acceptors (Lipinski definition) is 4. The number of nitrogens with zero attached hydrogens (tertiary/aromatic N) is 5. The number of aliphatic imine (C=N–C) groups is 1. The van der Waals surface area contributed by atoms with E-state index in [2.05, 4.69) is 84.9 Å². The Hall–Kier alpha value is -4.06. The molecule has 3 aromatic carbocycles. The molecule has 2 N–H and O–H groups in total. The molecule has 0 bridgehead atoms. The third kappa shape index (κ3) is 6.19. The Morgan fingerprint density at radius 3 is 2.57 bits per heavy atom. The van der Waals surface area contributed by atoms with Crippen LogP contribution in [-0.2, 0) is 12.8 Å². The van der Waals surface area contributed by atoms with Crippen LogP contribution in [0.5, 0.6) is 0 Å². The van der Waals surface area contributed by atoms with Crippen LogP contribution in [0.25, 0.3) is 0 Å². The largest absolute Gasteiger partial charge is 0.325 e. The number of benzene rings is 3. The number of hydrogen-bond donors (Lipinski definition) is 2. The second kappa shape index (κ2) is 13.2. The van der Waals surface area contributed by atoms with E-state index in [1.54, 1.807) is 6.20 Å². The van der Waals surface area contributed by atoms with Gasteiger partial charge < -0.3 is 20.4 Å². The Bertz CT molecular complexity index is 1840. The average Bonchev–Trinajstić information content (AvgIpc) is 3.29. The van der Waals surface area contributed by atoms with Crippen molar-refractivity contribution in [2.45, 2.75) is 37.8 Å². The van der Waals surface area contributed by atoms with E-state index in [9.17, 15) is 9.59 Å². The molecule has 3 aliphatic heterocycles. The van der Waals surface area contributed by atoms with Gasteiger partial charge in [-0.15, -0.1) is 0 Å². The van der Waals surface area contributed by atoms with E-state index >= 15 is 0 Å². The quantitative estimate of drug-likeness (QED) is 0.197. The molecular weight excluding hydrogens is 722 g/mol. The van der Waals surface area contributed by atoms with E-state index in [0.29, 0.717) is 30.5 Å². The number of quaternary nitrogens is 1. The van der Waals surface area contributed by atoms with Crippen LogP contribution in [0.3, 0.4) is 0 Å². The Morgan fingerprint density at radius 1 is 1.00 bits per heavy atom. The lowest BCUT2D eigenvalue weighted by Gasteiger charge is -2.39. The fourth-order valence-corrected chi connectivity index (χ4v) is 7.70. The highest BCUT2D eigenvalue weighted by Gasteiger charge is 2.47. The molecule has 7 rings (SSSR count). The fraction of sp³-hybridized carbons (Fsp3) is 0.278. The van der Waals surface area contributed by atoms with Gasteiger partial charge >= 0.3 is 12.1 Å². The second-order valence-corrected chi connectivity index (χ2v) is 14.1. The van der Waals surface area contributed by atoms with Gasteiger partial charge in [-0.1, -0.05) is 36.4 Å². The Balaban J connectivity index is 1.12. The monoisotopic (exact) mass is 756 g/mol. The zero-order chi connectivity index (χ0) is 32.5. The van der Waals surface area contributed by atoms with Crippen molar-refractivity contribution in [3.63, 3.8) is 0 Å². The molecule has 0 spiro atoms. The van der Waals surface area contributed by atoms with Crippen LogP contribution in [0.1, 0.15) is 24.0 Å². The number of likely N-dealkylation sites (N-methyl/N-ethyl adjacent to an activating group) is 1. The van der Waals surface area contributed by atoms with Crippen LogP contribution < -0.4 is 15.1 Å². The number of pyridine rings is 1. The molecule has 240 valence electrons. The molecule has 1 saturated heterocycles. The smallest absolute Gasteiger partial charge is 0.322 e. The lowest BCUT2D eigenvalue weighted by atomic mass is 10.0. The fourth-order valence-electron chi connectivity index (χ4n) is 7.03. The summed E-state index contributed by atoms with van der Waals surface area (Å²) in [4.78, 5) is 40.7. The van der Waals surface area contributed by atoms with Crippen molar-refractivity contribution in [2.24, 2.45) is 4.99 Å². The van der Waals surface area contributed by atoms with Crippen LogP contribution in [0.2, 0.25) is 0 Å². The van der Waals surface area contributed by atoms with Crippen molar-refractivity contribution in [3.8, 4) is 0 Å². The van der Waals surface area contributed by atoms with Crippen molar-refractivity contribution in [1.82, 2.24) is 24.6 Å². The normalized spacial score (nSPS) is 20.1. The van der Waals surface area contributed by atoms with Crippen molar-refractivity contribution in [2.75, 3.05) is 32.0 Å². The molecule has 4 aromatic rings. The number of anilines is 1. The minimum Gasteiger partial charge on any atom is -0.325 e. The molecule has 2 atom stereocenters. The highest BCUT2D eigenvalue weighted by molar-refractivity contribution is 9.13. The molecule has 11 heteroatoms. The predicted molar refractivity (Wildman–Crippen MR) is 193 cm³/mol. The number of fused-ring (bicyclic) bond motifs is 2. The maximum atomic E-state index is 14.1. The minimum atomic E-state index is -0.416. The number of likely N-dealkylation sites (tertiary alicyclic amines) is 1. The summed E-state index contributed by atoms with van der Waals surface area (Å²) in [7, 11) is 2.12. The summed E-state index contributed by atoms with van der Waals surface area (Å²) in [5.41, 5.74) is 5.97. The summed E-state index contributed by atoms with van der Waals surface area (Å²) in [6, 6.07) is 25.7. The van der Waals surface area contributed by atoms with Gasteiger partial charge in [-0.3, -0.25) is 4.98 Å². The molecule has 4 amide bonds. The third-order valence-corrected chi connectivity index (χ3v) is 11.5. The van der Waals surface area contributed by atoms with Crippen molar-refractivity contribution in [3.05, 3.63) is 111 Å². The van der Waals surface area contributed by atoms with E-state index in [1.807, 2.05) is 64.5 Å². The molecule has 0 radical (unpaired) electrons. The zero-order valence-corrected chi connectivity index (χ0v) is 29.2. The SMILES string of the molecule is C[N+]1(c2cccnc2)C(C(Cc2ccc(Br)c(Br)c2)NC(=O)N2CCC(N3CCc4ccccc4NC3=O)CC2)=Nc2ccccc21. The van der Waals surface area contributed by atoms with Crippen molar-refractivity contribution >= 4 is 72.5 Å².